The van der Waals surface area contributed by atoms with Crippen molar-refractivity contribution in [2.75, 3.05) is 38.8 Å². The van der Waals surface area contributed by atoms with Crippen molar-refractivity contribution < 1.29 is 9.47 Å². The quantitative estimate of drug-likeness (QED) is 0.860. The van der Waals surface area contributed by atoms with E-state index in [1.165, 1.54) is 12.1 Å². The van der Waals surface area contributed by atoms with Gasteiger partial charge in [0.1, 0.15) is 0 Å². The highest BCUT2D eigenvalue weighted by Crippen LogP contribution is 2.33. The summed E-state index contributed by atoms with van der Waals surface area (Å²) in [7, 11) is 3.31. The molecule has 0 aromatic heterocycles. The van der Waals surface area contributed by atoms with Gasteiger partial charge in [-0.1, -0.05) is 0 Å². The van der Waals surface area contributed by atoms with Crippen LogP contribution in [0, 0.1) is 5.92 Å². The fourth-order valence-electron chi connectivity index (χ4n) is 2.28. The molecule has 17 heavy (non-hydrogen) atoms. The lowest BCUT2D eigenvalue weighted by Gasteiger charge is -2.20. The molecule has 1 heterocycles. The molecule has 1 aromatic rings. The number of hydrogen-bond donors (Lipinski definition) is 1. The van der Waals surface area contributed by atoms with Gasteiger partial charge >= 0.3 is 0 Å². The Bertz CT molecular complexity index is 382. The molecule has 1 saturated heterocycles. The van der Waals surface area contributed by atoms with E-state index in [0.29, 0.717) is 5.92 Å². The third kappa shape index (κ3) is 2.47. The highest BCUT2D eigenvalue weighted by molar-refractivity contribution is 5.56. The van der Waals surface area contributed by atoms with Gasteiger partial charge in [0.15, 0.2) is 11.5 Å². The highest BCUT2D eigenvalue weighted by atomic mass is 16.5. The first-order valence-electron chi connectivity index (χ1n) is 5.95. The van der Waals surface area contributed by atoms with Crippen LogP contribution in [-0.4, -0.2) is 33.9 Å². The zero-order valence-corrected chi connectivity index (χ0v) is 10.5. The summed E-state index contributed by atoms with van der Waals surface area (Å²) in [6.45, 7) is 2.87. The topological polar surface area (TPSA) is 47.7 Å². The normalized spacial score (nSPS) is 19.5. The van der Waals surface area contributed by atoms with Gasteiger partial charge in [-0.15, -0.1) is 0 Å². The molecule has 4 heteroatoms. The number of hydrogen-bond acceptors (Lipinski definition) is 4. The van der Waals surface area contributed by atoms with E-state index >= 15 is 0 Å². The molecule has 1 fully saturated rings. The Morgan fingerprint density at radius 1 is 1.29 bits per heavy atom. The Morgan fingerprint density at radius 3 is 2.65 bits per heavy atom. The van der Waals surface area contributed by atoms with Crippen molar-refractivity contribution >= 4 is 5.69 Å². The van der Waals surface area contributed by atoms with E-state index in [1.807, 2.05) is 12.1 Å². The fourth-order valence-corrected chi connectivity index (χ4v) is 2.28. The predicted octanol–water partition coefficient (Wildman–Crippen LogP) is 1.49. The van der Waals surface area contributed by atoms with Crippen molar-refractivity contribution in [1.82, 2.24) is 0 Å². The van der Waals surface area contributed by atoms with Crippen LogP contribution in [0.4, 0.5) is 5.69 Å². The molecule has 0 bridgehead atoms. The average Bonchev–Trinajstić information content (AvgIpc) is 2.86. The molecule has 0 spiro atoms. The average molecular weight is 236 g/mol. The van der Waals surface area contributed by atoms with Crippen molar-refractivity contribution in [1.29, 1.82) is 0 Å². The molecule has 0 radical (unpaired) electrons. The zero-order valence-electron chi connectivity index (χ0n) is 10.5. The largest absolute Gasteiger partial charge is 0.493 e. The predicted molar refractivity (Wildman–Crippen MR) is 68.9 cm³/mol. The summed E-state index contributed by atoms with van der Waals surface area (Å²) in [5.74, 6) is 2.16. The fraction of sp³-hybridized carbons (Fsp3) is 0.538. The van der Waals surface area contributed by atoms with Crippen LogP contribution in [0.1, 0.15) is 6.42 Å². The summed E-state index contributed by atoms with van der Waals surface area (Å²) >= 11 is 0. The number of ether oxygens (including phenoxy) is 2. The molecular formula is C13H20N2O2. The summed E-state index contributed by atoms with van der Waals surface area (Å²) < 4.78 is 10.5. The van der Waals surface area contributed by atoms with E-state index in [2.05, 4.69) is 11.0 Å². The van der Waals surface area contributed by atoms with Crippen molar-refractivity contribution in [3.8, 4) is 11.5 Å². The maximum absolute atomic E-state index is 5.70. The van der Waals surface area contributed by atoms with E-state index < -0.39 is 0 Å². The van der Waals surface area contributed by atoms with Gasteiger partial charge in [0, 0.05) is 24.8 Å². The molecule has 0 unspecified atom stereocenters. The molecule has 94 valence electrons. The van der Waals surface area contributed by atoms with Crippen molar-refractivity contribution in [2.45, 2.75) is 6.42 Å². The number of benzene rings is 1. The van der Waals surface area contributed by atoms with Gasteiger partial charge < -0.3 is 20.1 Å². The standard InChI is InChI=1S/C13H20N2O2/c1-16-12-4-3-11(7-13(12)17-2)15-6-5-10(8-14)9-15/h3-4,7,10H,5-6,8-9,14H2,1-2H3/t10-/m1/s1. The molecule has 2 N–H and O–H groups in total. The Kier molecular flexibility index (Phi) is 3.74. The van der Waals surface area contributed by atoms with Crippen molar-refractivity contribution in [2.24, 2.45) is 11.7 Å². The number of methoxy groups -OCH3 is 2. The second kappa shape index (κ2) is 5.27. The molecule has 0 amide bonds. The Hall–Kier alpha value is -1.42. The van der Waals surface area contributed by atoms with Crippen LogP contribution in [0.15, 0.2) is 18.2 Å². The third-order valence-electron chi connectivity index (χ3n) is 3.35. The molecule has 1 atom stereocenters. The number of nitrogens with zero attached hydrogens (tertiary/aromatic N) is 1. The Morgan fingerprint density at radius 2 is 2.06 bits per heavy atom. The third-order valence-corrected chi connectivity index (χ3v) is 3.35. The number of anilines is 1. The zero-order chi connectivity index (χ0) is 12.3. The summed E-state index contributed by atoms with van der Waals surface area (Å²) in [5.41, 5.74) is 6.88. The molecule has 1 aliphatic heterocycles. The van der Waals surface area contributed by atoms with Crippen molar-refractivity contribution in [3.05, 3.63) is 18.2 Å². The molecular weight excluding hydrogens is 216 g/mol. The summed E-state index contributed by atoms with van der Waals surface area (Å²) in [5, 5.41) is 0. The maximum atomic E-state index is 5.70. The van der Waals surface area contributed by atoms with Crippen molar-refractivity contribution in [3.63, 3.8) is 0 Å². The molecule has 1 aliphatic rings. The van der Waals surface area contributed by atoms with Crippen LogP contribution in [0.3, 0.4) is 0 Å². The smallest absolute Gasteiger partial charge is 0.162 e. The van der Waals surface area contributed by atoms with E-state index in [-0.39, 0.29) is 0 Å². The van der Waals surface area contributed by atoms with Crippen LogP contribution in [0.2, 0.25) is 0 Å². The molecule has 1 aromatic carbocycles. The minimum Gasteiger partial charge on any atom is -0.493 e. The minimum absolute atomic E-state index is 0.614. The van der Waals surface area contributed by atoms with Gasteiger partial charge in [0.25, 0.3) is 0 Å². The van der Waals surface area contributed by atoms with Crippen LogP contribution in [0.25, 0.3) is 0 Å². The van der Waals surface area contributed by atoms with Gasteiger partial charge in [-0.05, 0) is 31.0 Å². The van der Waals surface area contributed by atoms with E-state index in [0.717, 1.165) is 31.1 Å². The Balaban J connectivity index is 2.16. The first-order valence-corrected chi connectivity index (χ1v) is 5.95. The molecule has 4 nitrogen and oxygen atoms in total. The van der Waals surface area contributed by atoms with Gasteiger partial charge in [-0.2, -0.15) is 0 Å². The summed E-state index contributed by atoms with van der Waals surface area (Å²) in [6, 6.07) is 6.04. The van der Waals surface area contributed by atoms with Crippen LogP contribution < -0.4 is 20.1 Å². The maximum Gasteiger partial charge on any atom is 0.162 e. The minimum atomic E-state index is 0.614. The summed E-state index contributed by atoms with van der Waals surface area (Å²) in [6.07, 6.45) is 1.17. The van der Waals surface area contributed by atoms with Gasteiger partial charge in [-0.3, -0.25) is 0 Å². The highest BCUT2D eigenvalue weighted by Gasteiger charge is 2.22. The van der Waals surface area contributed by atoms with Crippen LogP contribution >= 0.6 is 0 Å². The van der Waals surface area contributed by atoms with E-state index in [9.17, 15) is 0 Å². The second-order valence-corrected chi connectivity index (χ2v) is 4.38. The first-order chi connectivity index (χ1) is 8.28. The Labute approximate surface area is 102 Å². The lowest BCUT2D eigenvalue weighted by molar-refractivity contribution is 0.355. The second-order valence-electron chi connectivity index (χ2n) is 4.38. The van der Waals surface area contributed by atoms with E-state index in [1.54, 1.807) is 14.2 Å². The van der Waals surface area contributed by atoms with Gasteiger partial charge in [0.2, 0.25) is 0 Å². The number of rotatable bonds is 4. The lowest BCUT2D eigenvalue weighted by Crippen LogP contribution is -2.22. The van der Waals surface area contributed by atoms with Gasteiger partial charge in [-0.25, -0.2) is 0 Å². The lowest BCUT2D eigenvalue weighted by atomic mass is 10.1. The molecule has 2 rings (SSSR count). The SMILES string of the molecule is COc1ccc(N2CC[C@H](CN)C2)cc1OC. The van der Waals surface area contributed by atoms with Crippen LogP contribution in [-0.2, 0) is 0 Å². The molecule has 0 saturated carbocycles. The van der Waals surface area contributed by atoms with Gasteiger partial charge in [0.05, 0.1) is 14.2 Å². The molecule has 0 aliphatic carbocycles. The summed E-state index contributed by atoms with van der Waals surface area (Å²) in [4.78, 5) is 2.35. The first kappa shape index (κ1) is 12.0. The monoisotopic (exact) mass is 236 g/mol. The van der Waals surface area contributed by atoms with Crippen LogP contribution in [0.5, 0.6) is 11.5 Å². The van der Waals surface area contributed by atoms with E-state index in [4.69, 9.17) is 15.2 Å². The number of nitrogens with two attached hydrogens (primary N) is 1.